The number of hydrogen-bond donors (Lipinski definition) is 0. The summed E-state index contributed by atoms with van der Waals surface area (Å²) in [6.07, 6.45) is 5.03. The van der Waals surface area contributed by atoms with Gasteiger partial charge in [-0.05, 0) is 32.0 Å². The number of allylic oxidation sites excluding steroid dienone is 2. The zero-order valence-corrected chi connectivity index (χ0v) is 13.4. The van der Waals surface area contributed by atoms with E-state index in [-0.39, 0.29) is 0 Å². The molecule has 2 rings (SSSR count). The monoisotopic (exact) mass is 320 g/mol. The molecule has 5 nitrogen and oxygen atoms in total. The van der Waals surface area contributed by atoms with Crippen molar-refractivity contribution in [3.8, 4) is 11.4 Å². The molecule has 0 saturated carbocycles. The summed E-state index contributed by atoms with van der Waals surface area (Å²) >= 11 is 6.06. The number of aromatic nitrogens is 2. The molecule has 0 fully saturated rings. The average Bonchev–Trinajstić information content (AvgIpc) is 2.48. The molecule has 0 atom stereocenters. The van der Waals surface area contributed by atoms with Crippen molar-refractivity contribution < 1.29 is 4.74 Å². The summed E-state index contributed by atoms with van der Waals surface area (Å²) in [7, 11) is 1.51. The standard InChI is InChI=1S/C16H17ClN2O3/c1-11(2)6-7-18-8-9-19(16(21)15(18)20)12-4-5-14(22-3)13(17)10-12/h4-6,8-10H,7H2,1-3H3. The lowest BCUT2D eigenvalue weighted by Gasteiger charge is -2.10. The molecule has 0 aliphatic heterocycles. The van der Waals surface area contributed by atoms with Gasteiger partial charge in [0.2, 0.25) is 0 Å². The molecule has 2 aromatic rings. The van der Waals surface area contributed by atoms with Crippen molar-refractivity contribution >= 4 is 11.6 Å². The van der Waals surface area contributed by atoms with Crippen LogP contribution in [0.4, 0.5) is 0 Å². The molecule has 0 N–H and O–H groups in total. The average molecular weight is 321 g/mol. The number of hydrogen-bond acceptors (Lipinski definition) is 3. The van der Waals surface area contributed by atoms with Gasteiger partial charge in [0, 0.05) is 18.9 Å². The highest BCUT2D eigenvalue weighted by molar-refractivity contribution is 6.32. The van der Waals surface area contributed by atoms with Crippen molar-refractivity contribution in [3.05, 3.63) is 68.0 Å². The molecule has 116 valence electrons. The third kappa shape index (κ3) is 3.31. The van der Waals surface area contributed by atoms with E-state index in [1.165, 1.54) is 16.2 Å². The Kier molecular flexibility index (Phi) is 4.88. The summed E-state index contributed by atoms with van der Waals surface area (Å²) in [5.74, 6) is 0.510. The van der Waals surface area contributed by atoms with Crippen LogP contribution in [0, 0.1) is 0 Å². The Morgan fingerprint density at radius 2 is 1.95 bits per heavy atom. The highest BCUT2D eigenvalue weighted by Gasteiger charge is 2.08. The van der Waals surface area contributed by atoms with Crippen LogP contribution in [0.15, 0.2) is 51.8 Å². The maximum atomic E-state index is 12.2. The zero-order valence-electron chi connectivity index (χ0n) is 12.7. The van der Waals surface area contributed by atoms with E-state index >= 15 is 0 Å². The van der Waals surface area contributed by atoms with Crippen LogP contribution in [-0.2, 0) is 6.54 Å². The lowest BCUT2D eigenvalue weighted by molar-refractivity contribution is 0.415. The fourth-order valence-electron chi connectivity index (χ4n) is 1.94. The second-order valence-corrected chi connectivity index (χ2v) is 5.44. The van der Waals surface area contributed by atoms with Crippen molar-refractivity contribution in [2.45, 2.75) is 20.4 Å². The lowest BCUT2D eigenvalue weighted by atomic mass is 10.3. The molecule has 0 unspecified atom stereocenters. The van der Waals surface area contributed by atoms with Crippen LogP contribution in [0.1, 0.15) is 13.8 Å². The molecule has 0 amide bonds. The Morgan fingerprint density at radius 3 is 2.55 bits per heavy atom. The van der Waals surface area contributed by atoms with Crippen LogP contribution < -0.4 is 15.9 Å². The first kappa shape index (κ1) is 16.1. The first-order valence-electron chi connectivity index (χ1n) is 6.73. The molecule has 0 spiro atoms. The van der Waals surface area contributed by atoms with Gasteiger partial charge < -0.3 is 9.30 Å². The summed E-state index contributed by atoms with van der Waals surface area (Å²) in [5.41, 5.74) is 0.401. The smallest absolute Gasteiger partial charge is 0.320 e. The molecule has 0 aliphatic carbocycles. The quantitative estimate of drug-likeness (QED) is 0.643. The van der Waals surface area contributed by atoms with E-state index in [1.807, 2.05) is 19.9 Å². The van der Waals surface area contributed by atoms with Gasteiger partial charge in [-0.1, -0.05) is 23.3 Å². The summed E-state index contributed by atoms with van der Waals surface area (Å²) in [6.45, 7) is 4.25. The largest absolute Gasteiger partial charge is 0.495 e. The molecule has 0 aliphatic rings. The molecule has 22 heavy (non-hydrogen) atoms. The van der Waals surface area contributed by atoms with Gasteiger partial charge in [-0.2, -0.15) is 0 Å². The number of benzene rings is 1. The fourth-order valence-corrected chi connectivity index (χ4v) is 2.19. The number of nitrogens with zero attached hydrogens (tertiary/aromatic N) is 2. The van der Waals surface area contributed by atoms with Crippen LogP contribution in [0.3, 0.4) is 0 Å². The van der Waals surface area contributed by atoms with Gasteiger partial charge in [0.05, 0.1) is 17.8 Å². The van der Waals surface area contributed by atoms with Crippen molar-refractivity contribution in [1.29, 1.82) is 0 Å². The highest BCUT2D eigenvalue weighted by Crippen LogP contribution is 2.25. The SMILES string of the molecule is COc1ccc(-n2ccn(CC=C(C)C)c(=O)c2=O)cc1Cl. The number of ether oxygens (including phenoxy) is 1. The van der Waals surface area contributed by atoms with Crippen LogP contribution >= 0.6 is 11.6 Å². The third-order valence-corrected chi connectivity index (χ3v) is 3.46. The van der Waals surface area contributed by atoms with E-state index in [1.54, 1.807) is 30.6 Å². The van der Waals surface area contributed by atoms with Gasteiger partial charge in [-0.3, -0.25) is 14.2 Å². The minimum absolute atomic E-state index is 0.376. The van der Waals surface area contributed by atoms with Gasteiger partial charge >= 0.3 is 11.1 Å². The van der Waals surface area contributed by atoms with Gasteiger partial charge in [0.15, 0.2) is 0 Å². The molecule has 1 aromatic heterocycles. The number of rotatable bonds is 4. The lowest BCUT2D eigenvalue weighted by Crippen LogP contribution is -2.39. The van der Waals surface area contributed by atoms with Crippen molar-refractivity contribution in [3.63, 3.8) is 0 Å². The molecular weight excluding hydrogens is 304 g/mol. The van der Waals surface area contributed by atoms with Crippen molar-refractivity contribution in [2.75, 3.05) is 7.11 Å². The first-order valence-corrected chi connectivity index (χ1v) is 7.11. The summed E-state index contributed by atoms with van der Waals surface area (Å²) in [5, 5.41) is 0.376. The minimum atomic E-state index is -0.620. The van der Waals surface area contributed by atoms with Gasteiger partial charge in [-0.25, -0.2) is 0 Å². The van der Waals surface area contributed by atoms with Crippen molar-refractivity contribution in [1.82, 2.24) is 9.13 Å². The topological polar surface area (TPSA) is 53.2 Å². The van der Waals surface area contributed by atoms with Gasteiger partial charge in [0.25, 0.3) is 0 Å². The first-order chi connectivity index (χ1) is 10.4. The Bertz CT molecular complexity index is 830. The predicted octanol–water partition coefficient (Wildman–Crippen LogP) is 2.63. The van der Waals surface area contributed by atoms with Crippen LogP contribution in [-0.4, -0.2) is 16.2 Å². The highest BCUT2D eigenvalue weighted by atomic mass is 35.5. The Balaban J connectivity index is 2.48. The Labute approximate surface area is 133 Å². The molecule has 6 heteroatoms. The molecule has 0 bridgehead atoms. The fraction of sp³-hybridized carbons (Fsp3) is 0.250. The Hall–Kier alpha value is -2.27. The predicted molar refractivity (Wildman–Crippen MR) is 87.3 cm³/mol. The maximum absolute atomic E-state index is 12.2. The van der Waals surface area contributed by atoms with Gasteiger partial charge in [0.1, 0.15) is 5.75 Å². The summed E-state index contributed by atoms with van der Waals surface area (Å²) < 4.78 is 7.71. The van der Waals surface area contributed by atoms with E-state index in [0.29, 0.717) is 23.0 Å². The molecule has 1 heterocycles. The number of methoxy groups -OCH3 is 1. The van der Waals surface area contributed by atoms with E-state index < -0.39 is 11.1 Å². The van der Waals surface area contributed by atoms with E-state index in [2.05, 4.69) is 0 Å². The van der Waals surface area contributed by atoms with Crippen LogP contribution in [0.5, 0.6) is 5.75 Å². The molecular formula is C16H17ClN2O3. The van der Waals surface area contributed by atoms with E-state index in [0.717, 1.165) is 5.57 Å². The minimum Gasteiger partial charge on any atom is -0.495 e. The molecule has 0 saturated heterocycles. The maximum Gasteiger partial charge on any atom is 0.320 e. The second kappa shape index (κ2) is 6.66. The Morgan fingerprint density at radius 1 is 1.23 bits per heavy atom. The van der Waals surface area contributed by atoms with E-state index in [9.17, 15) is 9.59 Å². The third-order valence-electron chi connectivity index (χ3n) is 3.17. The summed E-state index contributed by atoms with van der Waals surface area (Å²) in [4.78, 5) is 24.4. The van der Waals surface area contributed by atoms with E-state index in [4.69, 9.17) is 16.3 Å². The second-order valence-electron chi connectivity index (χ2n) is 5.03. The van der Waals surface area contributed by atoms with Gasteiger partial charge in [-0.15, -0.1) is 0 Å². The van der Waals surface area contributed by atoms with Crippen LogP contribution in [0.25, 0.3) is 5.69 Å². The van der Waals surface area contributed by atoms with Crippen LogP contribution in [0.2, 0.25) is 5.02 Å². The molecule has 0 radical (unpaired) electrons. The number of halogens is 1. The zero-order chi connectivity index (χ0) is 16.3. The summed E-state index contributed by atoms with van der Waals surface area (Å²) in [6, 6.07) is 4.91. The normalized spacial score (nSPS) is 10.4. The molecule has 1 aromatic carbocycles. The van der Waals surface area contributed by atoms with Crippen molar-refractivity contribution in [2.24, 2.45) is 0 Å².